The molecule has 9 heteroatoms. The highest BCUT2D eigenvalue weighted by atomic mass is 16.7. The molecule has 0 saturated carbocycles. The van der Waals surface area contributed by atoms with E-state index in [1.54, 1.807) is 4.90 Å². The summed E-state index contributed by atoms with van der Waals surface area (Å²) in [5.41, 5.74) is -2.38. The fourth-order valence-corrected chi connectivity index (χ4v) is 5.92. The summed E-state index contributed by atoms with van der Waals surface area (Å²) in [5.74, 6) is -0.340. The van der Waals surface area contributed by atoms with E-state index in [0.717, 1.165) is 45.2 Å². The van der Waals surface area contributed by atoms with E-state index in [4.69, 9.17) is 18.8 Å². The second-order valence-electron chi connectivity index (χ2n) is 12.8. The number of piperidine rings is 1. The largest absolute Gasteiger partial charge is 0.467 e. The number of rotatable bonds is 8. The number of likely N-dealkylation sites (tertiary alicyclic amines) is 2. The van der Waals surface area contributed by atoms with Gasteiger partial charge in [0.2, 0.25) is 0 Å². The molecule has 0 bridgehead atoms. The Bertz CT molecular complexity index is 761. The minimum atomic E-state index is -1.02. The highest BCUT2D eigenvalue weighted by Gasteiger charge is 2.58. The normalized spacial score (nSPS) is 28.4. The number of nitrogens with zero attached hydrogens (tertiary/aromatic N) is 2. The van der Waals surface area contributed by atoms with Crippen LogP contribution in [0.5, 0.6) is 0 Å². The summed E-state index contributed by atoms with van der Waals surface area (Å²) in [7, 11) is 1.16. The lowest BCUT2D eigenvalue weighted by Gasteiger charge is -2.41. The number of hydrogen-bond donors (Lipinski definition) is 0. The molecule has 3 aliphatic heterocycles. The van der Waals surface area contributed by atoms with Gasteiger partial charge in [0.1, 0.15) is 11.1 Å². The van der Waals surface area contributed by atoms with Crippen molar-refractivity contribution in [3.63, 3.8) is 0 Å². The first-order chi connectivity index (χ1) is 16.7. The van der Waals surface area contributed by atoms with Crippen LogP contribution in [0.2, 0.25) is 6.32 Å². The third kappa shape index (κ3) is 6.39. The van der Waals surface area contributed by atoms with Gasteiger partial charge in [-0.15, -0.1) is 0 Å². The molecular formula is C27H49BN2O6. The molecule has 3 fully saturated rings. The molecule has 3 saturated heterocycles. The van der Waals surface area contributed by atoms with Gasteiger partial charge < -0.3 is 23.7 Å². The number of carbonyl (C=O) groups excluding carboxylic acids is 2. The zero-order valence-electron chi connectivity index (χ0n) is 24.0. The molecule has 3 heterocycles. The number of amides is 1. The van der Waals surface area contributed by atoms with E-state index >= 15 is 0 Å². The van der Waals surface area contributed by atoms with Crippen LogP contribution in [-0.4, -0.2) is 84.6 Å². The molecule has 8 nitrogen and oxygen atoms in total. The molecule has 1 amide bonds. The van der Waals surface area contributed by atoms with Crippen LogP contribution in [0.4, 0.5) is 4.79 Å². The maximum Gasteiger partial charge on any atom is 0.457 e. The third-order valence-electron chi connectivity index (χ3n) is 8.56. The molecule has 0 aromatic rings. The molecule has 36 heavy (non-hydrogen) atoms. The fourth-order valence-electron chi connectivity index (χ4n) is 5.92. The summed E-state index contributed by atoms with van der Waals surface area (Å²) in [4.78, 5) is 31.0. The standard InChI is InChI=1S/C27H49BN2O6/c1-24(2,3)34-23(32)30-19-14-21(13-12-16-28-35-25(4,5)26(6,7)36-28)27(30,22(31)33-8)15-20-29-17-10-9-11-18-29/h21H,9-20H2,1-8H3. The van der Waals surface area contributed by atoms with Crippen molar-refractivity contribution < 1.29 is 28.4 Å². The van der Waals surface area contributed by atoms with E-state index in [1.165, 1.54) is 26.4 Å². The number of hydrogen-bond acceptors (Lipinski definition) is 7. The van der Waals surface area contributed by atoms with Gasteiger partial charge in [0.05, 0.1) is 18.3 Å². The Labute approximate surface area is 218 Å². The minimum Gasteiger partial charge on any atom is -0.467 e. The van der Waals surface area contributed by atoms with Gasteiger partial charge in [-0.2, -0.15) is 0 Å². The Balaban J connectivity index is 1.77. The summed E-state index contributed by atoms with van der Waals surface area (Å²) >= 11 is 0. The van der Waals surface area contributed by atoms with Gasteiger partial charge in [-0.05, 0) is 106 Å². The Morgan fingerprint density at radius 3 is 2.17 bits per heavy atom. The van der Waals surface area contributed by atoms with Gasteiger partial charge in [0.15, 0.2) is 0 Å². The summed E-state index contributed by atoms with van der Waals surface area (Å²) < 4.78 is 23.5. The summed E-state index contributed by atoms with van der Waals surface area (Å²) in [6.45, 7) is 17.2. The van der Waals surface area contributed by atoms with Crippen LogP contribution in [0.3, 0.4) is 0 Å². The van der Waals surface area contributed by atoms with Crippen LogP contribution in [-0.2, 0) is 23.6 Å². The predicted octanol–water partition coefficient (Wildman–Crippen LogP) is 4.90. The highest BCUT2D eigenvalue weighted by Crippen LogP contribution is 2.44. The molecule has 2 unspecified atom stereocenters. The molecule has 0 aliphatic carbocycles. The number of carbonyl (C=O) groups is 2. The van der Waals surface area contributed by atoms with Gasteiger partial charge in [0, 0.05) is 13.1 Å². The van der Waals surface area contributed by atoms with Crippen LogP contribution in [0.15, 0.2) is 0 Å². The maximum atomic E-state index is 13.5. The van der Waals surface area contributed by atoms with Crippen molar-refractivity contribution in [3.05, 3.63) is 0 Å². The second-order valence-corrected chi connectivity index (χ2v) is 12.8. The second kappa shape index (κ2) is 11.2. The van der Waals surface area contributed by atoms with Crippen molar-refractivity contribution in [2.24, 2.45) is 5.92 Å². The summed E-state index contributed by atoms with van der Waals surface area (Å²) in [6, 6.07) is 0. The zero-order chi connectivity index (χ0) is 26.8. The molecule has 3 aliphatic rings. The molecule has 0 N–H and O–H groups in total. The fraction of sp³-hybridized carbons (Fsp3) is 0.926. The monoisotopic (exact) mass is 508 g/mol. The van der Waals surface area contributed by atoms with E-state index in [9.17, 15) is 9.59 Å². The van der Waals surface area contributed by atoms with E-state index in [-0.39, 0.29) is 30.2 Å². The predicted molar refractivity (Wildman–Crippen MR) is 141 cm³/mol. The van der Waals surface area contributed by atoms with Crippen LogP contribution in [0.1, 0.15) is 93.4 Å². The average Bonchev–Trinajstić information content (AvgIpc) is 3.25. The summed E-state index contributed by atoms with van der Waals surface area (Å²) in [5, 5.41) is 0. The molecule has 206 valence electrons. The molecule has 0 aromatic heterocycles. The van der Waals surface area contributed by atoms with Gasteiger partial charge in [-0.1, -0.05) is 12.8 Å². The van der Waals surface area contributed by atoms with Crippen LogP contribution >= 0.6 is 0 Å². The van der Waals surface area contributed by atoms with E-state index in [1.807, 2.05) is 20.8 Å². The van der Waals surface area contributed by atoms with Crippen molar-refractivity contribution >= 4 is 19.2 Å². The molecule has 0 radical (unpaired) electrons. The van der Waals surface area contributed by atoms with E-state index in [2.05, 4.69) is 32.6 Å². The first-order valence-electron chi connectivity index (χ1n) is 13.9. The Hall–Kier alpha value is -1.32. The Morgan fingerprint density at radius 2 is 1.61 bits per heavy atom. The lowest BCUT2D eigenvalue weighted by Crippen LogP contribution is -2.59. The maximum absolute atomic E-state index is 13.5. The lowest BCUT2D eigenvalue weighted by molar-refractivity contribution is -0.156. The quantitative estimate of drug-likeness (QED) is 0.341. The topological polar surface area (TPSA) is 77.5 Å². The van der Waals surface area contributed by atoms with Crippen LogP contribution in [0, 0.1) is 5.92 Å². The number of esters is 1. The number of ether oxygens (including phenoxy) is 2. The van der Waals surface area contributed by atoms with Crippen LogP contribution in [0.25, 0.3) is 0 Å². The van der Waals surface area contributed by atoms with Crippen molar-refractivity contribution in [1.82, 2.24) is 9.80 Å². The molecule has 2 atom stereocenters. The van der Waals surface area contributed by atoms with Crippen molar-refractivity contribution in [1.29, 1.82) is 0 Å². The molecule has 0 spiro atoms. The van der Waals surface area contributed by atoms with Crippen molar-refractivity contribution in [2.45, 2.75) is 122 Å². The van der Waals surface area contributed by atoms with E-state index < -0.39 is 17.2 Å². The SMILES string of the molecule is COC(=O)C1(CCN2CCCCC2)C(CCCB2OC(C)(C)C(C)(C)O2)CCN1C(=O)OC(C)(C)C. The first-order valence-corrected chi connectivity index (χ1v) is 13.9. The minimum absolute atomic E-state index is 0.00955. The Morgan fingerprint density at radius 1 is 1.00 bits per heavy atom. The highest BCUT2D eigenvalue weighted by molar-refractivity contribution is 6.45. The van der Waals surface area contributed by atoms with Gasteiger partial charge in [-0.25, -0.2) is 9.59 Å². The van der Waals surface area contributed by atoms with Crippen LogP contribution < -0.4 is 0 Å². The van der Waals surface area contributed by atoms with Gasteiger partial charge >= 0.3 is 19.2 Å². The van der Waals surface area contributed by atoms with Gasteiger partial charge in [0.25, 0.3) is 0 Å². The zero-order valence-corrected chi connectivity index (χ0v) is 24.0. The average molecular weight is 509 g/mol. The van der Waals surface area contributed by atoms with Gasteiger partial charge in [-0.3, -0.25) is 4.90 Å². The van der Waals surface area contributed by atoms with Crippen molar-refractivity contribution in [2.75, 3.05) is 33.3 Å². The molecule has 3 rings (SSSR count). The first kappa shape index (κ1) is 29.2. The number of methoxy groups -OCH3 is 1. The third-order valence-corrected chi connectivity index (χ3v) is 8.56. The molecule has 0 aromatic carbocycles. The lowest BCUT2D eigenvalue weighted by atomic mass is 9.75. The smallest absolute Gasteiger partial charge is 0.457 e. The van der Waals surface area contributed by atoms with Crippen molar-refractivity contribution in [3.8, 4) is 0 Å². The Kier molecular flexibility index (Phi) is 9.10. The van der Waals surface area contributed by atoms with E-state index in [0.29, 0.717) is 13.0 Å². The molecular weight excluding hydrogens is 459 g/mol. The summed E-state index contributed by atoms with van der Waals surface area (Å²) in [6.07, 6.45) is 6.86.